The molecule has 0 aliphatic carbocycles. The highest BCUT2D eigenvalue weighted by Gasteiger charge is 2.15. The van der Waals surface area contributed by atoms with E-state index in [9.17, 15) is 14.9 Å². The Morgan fingerprint density at radius 1 is 1.43 bits per heavy atom. The topological polar surface area (TPSA) is 116 Å². The number of halogens is 2. The molecule has 2 aromatic rings. The van der Waals surface area contributed by atoms with Crippen LogP contribution in [0.25, 0.3) is 0 Å². The molecular formula is C11H9Cl2N5O3. The summed E-state index contributed by atoms with van der Waals surface area (Å²) in [5.74, 6) is -0.531. The zero-order valence-corrected chi connectivity index (χ0v) is 11.9. The number of benzene rings is 1. The van der Waals surface area contributed by atoms with Gasteiger partial charge in [0.15, 0.2) is 0 Å². The highest BCUT2D eigenvalue weighted by molar-refractivity contribution is 6.39. The number of anilines is 2. The summed E-state index contributed by atoms with van der Waals surface area (Å²) < 4.78 is 1.33. The van der Waals surface area contributed by atoms with E-state index >= 15 is 0 Å². The first-order valence-corrected chi connectivity index (χ1v) is 6.33. The van der Waals surface area contributed by atoms with Crippen LogP contribution in [0.1, 0.15) is 0 Å². The van der Waals surface area contributed by atoms with E-state index in [1.54, 1.807) is 0 Å². The molecule has 2 rings (SSSR count). The van der Waals surface area contributed by atoms with Crippen molar-refractivity contribution in [3.05, 3.63) is 44.7 Å². The summed E-state index contributed by atoms with van der Waals surface area (Å²) in [6, 6.07) is 2.37. The fourth-order valence-electron chi connectivity index (χ4n) is 1.60. The van der Waals surface area contributed by atoms with Crippen molar-refractivity contribution in [3.8, 4) is 0 Å². The predicted molar refractivity (Wildman–Crippen MR) is 77.8 cm³/mol. The number of hydrogen-bond donors (Lipinski definition) is 2. The van der Waals surface area contributed by atoms with Crippen LogP contribution < -0.4 is 11.1 Å². The number of nitrogens with zero attached hydrogens (tertiary/aromatic N) is 3. The number of nitro benzene ring substituents is 1. The summed E-state index contributed by atoms with van der Waals surface area (Å²) in [7, 11) is 0. The lowest BCUT2D eigenvalue weighted by atomic mass is 10.2. The Labute approximate surface area is 128 Å². The zero-order chi connectivity index (χ0) is 15.6. The van der Waals surface area contributed by atoms with Gasteiger partial charge >= 0.3 is 0 Å². The zero-order valence-electron chi connectivity index (χ0n) is 10.4. The van der Waals surface area contributed by atoms with E-state index in [-0.39, 0.29) is 22.3 Å². The monoisotopic (exact) mass is 329 g/mol. The minimum Gasteiger partial charge on any atom is -0.368 e. The number of carbonyl (C=O) groups excluding carboxylic acids is 1. The van der Waals surface area contributed by atoms with Gasteiger partial charge in [0.1, 0.15) is 6.54 Å². The lowest BCUT2D eigenvalue weighted by molar-refractivity contribution is -0.384. The van der Waals surface area contributed by atoms with Crippen molar-refractivity contribution in [3.63, 3.8) is 0 Å². The number of amides is 1. The van der Waals surface area contributed by atoms with Gasteiger partial charge in [-0.05, 0) is 0 Å². The number of carbonyl (C=O) groups is 1. The van der Waals surface area contributed by atoms with Crippen molar-refractivity contribution in [1.29, 1.82) is 0 Å². The number of hydrogen-bond acceptors (Lipinski definition) is 5. The molecule has 10 heteroatoms. The Hall–Kier alpha value is -2.32. The number of nitro groups is 1. The molecule has 0 bridgehead atoms. The average molecular weight is 330 g/mol. The van der Waals surface area contributed by atoms with Crippen molar-refractivity contribution in [2.45, 2.75) is 6.54 Å². The highest BCUT2D eigenvalue weighted by atomic mass is 35.5. The van der Waals surface area contributed by atoms with Crippen LogP contribution in [-0.2, 0) is 11.3 Å². The minimum atomic E-state index is -0.591. The van der Waals surface area contributed by atoms with Gasteiger partial charge in [-0.1, -0.05) is 23.2 Å². The number of rotatable bonds is 5. The fraction of sp³-hybridized carbons (Fsp3) is 0.0909. The van der Waals surface area contributed by atoms with Crippen LogP contribution >= 0.6 is 23.2 Å². The quantitative estimate of drug-likeness (QED) is 0.645. The van der Waals surface area contributed by atoms with Crippen LogP contribution in [0.3, 0.4) is 0 Å². The van der Waals surface area contributed by atoms with Gasteiger partial charge in [0.05, 0.1) is 32.5 Å². The molecule has 0 atom stereocenters. The Morgan fingerprint density at radius 2 is 2.05 bits per heavy atom. The number of primary amides is 1. The standard InChI is InChI=1S/C11H9Cl2N5O3/c12-8-1-7(18(20)21)2-9(13)11(8)16-6-3-15-17(4-6)5-10(14)19/h1-4,16H,5H2,(H2,14,19). The fourth-order valence-corrected chi connectivity index (χ4v) is 2.17. The number of aromatic nitrogens is 2. The van der Waals surface area contributed by atoms with Crippen molar-refractivity contribution < 1.29 is 9.72 Å². The van der Waals surface area contributed by atoms with Gasteiger partial charge in [-0.15, -0.1) is 0 Å². The molecule has 0 saturated heterocycles. The van der Waals surface area contributed by atoms with Gasteiger partial charge in [-0.3, -0.25) is 19.6 Å². The minimum absolute atomic E-state index is 0.0661. The third-order valence-electron chi connectivity index (χ3n) is 2.46. The lowest BCUT2D eigenvalue weighted by Gasteiger charge is -2.08. The van der Waals surface area contributed by atoms with E-state index in [4.69, 9.17) is 28.9 Å². The molecule has 1 aromatic heterocycles. The average Bonchev–Trinajstić information content (AvgIpc) is 2.80. The highest BCUT2D eigenvalue weighted by Crippen LogP contribution is 2.36. The summed E-state index contributed by atoms with van der Waals surface area (Å²) in [5.41, 5.74) is 5.66. The summed E-state index contributed by atoms with van der Waals surface area (Å²) >= 11 is 11.9. The molecule has 0 aliphatic rings. The normalized spacial score (nSPS) is 10.4. The molecule has 1 amide bonds. The second-order valence-electron chi connectivity index (χ2n) is 4.06. The molecule has 0 saturated carbocycles. The third kappa shape index (κ3) is 3.61. The second-order valence-corrected chi connectivity index (χ2v) is 4.87. The van der Waals surface area contributed by atoms with Crippen LogP contribution in [-0.4, -0.2) is 20.6 Å². The van der Waals surface area contributed by atoms with Crippen molar-refractivity contribution in [2.24, 2.45) is 5.73 Å². The Morgan fingerprint density at radius 3 is 2.57 bits per heavy atom. The summed E-state index contributed by atoms with van der Waals surface area (Å²) in [6.45, 7) is -0.0661. The van der Waals surface area contributed by atoms with Gasteiger partial charge in [-0.2, -0.15) is 5.10 Å². The van der Waals surface area contributed by atoms with Gasteiger partial charge in [0.25, 0.3) is 5.69 Å². The molecule has 0 spiro atoms. The smallest absolute Gasteiger partial charge is 0.272 e. The Balaban J connectivity index is 2.25. The molecule has 8 nitrogen and oxygen atoms in total. The molecule has 0 fully saturated rings. The molecule has 0 aliphatic heterocycles. The largest absolute Gasteiger partial charge is 0.368 e. The van der Waals surface area contributed by atoms with Crippen molar-refractivity contribution in [2.75, 3.05) is 5.32 Å². The van der Waals surface area contributed by atoms with E-state index in [1.165, 1.54) is 29.2 Å². The van der Waals surface area contributed by atoms with Crippen LogP contribution in [0.5, 0.6) is 0 Å². The number of non-ortho nitro benzene ring substituents is 1. The van der Waals surface area contributed by atoms with Crippen LogP contribution in [0.2, 0.25) is 10.0 Å². The molecular weight excluding hydrogens is 321 g/mol. The maximum absolute atomic E-state index is 10.8. The van der Waals surface area contributed by atoms with Crippen molar-refractivity contribution >= 4 is 46.2 Å². The predicted octanol–water partition coefficient (Wildman–Crippen LogP) is 2.33. The maximum atomic E-state index is 10.8. The van der Waals surface area contributed by atoms with E-state index in [0.29, 0.717) is 11.4 Å². The maximum Gasteiger partial charge on any atom is 0.272 e. The van der Waals surface area contributed by atoms with Crippen LogP contribution in [0.4, 0.5) is 17.1 Å². The molecule has 1 aromatic carbocycles. The van der Waals surface area contributed by atoms with Gasteiger partial charge in [0.2, 0.25) is 5.91 Å². The Bertz CT molecular complexity index is 693. The first-order valence-electron chi connectivity index (χ1n) is 5.58. The number of nitrogens with one attached hydrogen (secondary N) is 1. The van der Waals surface area contributed by atoms with Crippen LogP contribution in [0.15, 0.2) is 24.5 Å². The molecule has 3 N–H and O–H groups in total. The van der Waals surface area contributed by atoms with E-state index in [1.807, 2.05) is 0 Å². The van der Waals surface area contributed by atoms with E-state index < -0.39 is 10.8 Å². The second kappa shape index (κ2) is 5.98. The van der Waals surface area contributed by atoms with E-state index in [2.05, 4.69) is 10.4 Å². The first kappa shape index (κ1) is 15.1. The number of nitrogens with two attached hydrogens (primary N) is 1. The van der Waals surface area contributed by atoms with Gasteiger partial charge in [-0.25, -0.2) is 0 Å². The van der Waals surface area contributed by atoms with E-state index in [0.717, 1.165) is 0 Å². The molecule has 0 unspecified atom stereocenters. The SMILES string of the molecule is NC(=O)Cn1cc(Nc2c(Cl)cc([N+](=O)[O-])cc2Cl)cn1. The summed E-state index contributed by atoms with van der Waals surface area (Å²) in [5, 5.41) is 17.7. The third-order valence-corrected chi connectivity index (χ3v) is 3.05. The summed E-state index contributed by atoms with van der Waals surface area (Å²) in [4.78, 5) is 20.9. The lowest BCUT2D eigenvalue weighted by Crippen LogP contribution is -2.18. The van der Waals surface area contributed by atoms with Crippen LogP contribution in [0, 0.1) is 10.1 Å². The first-order chi connectivity index (χ1) is 9.86. The van der Waals surface area contributed by atoms with Gasteiger partial charge in [0, 0.05) is 18.3 Å². The van der Waals surface area contributed by atoms with Crippen molar-refractivity contribution in [1.82, 2.24) is 9.78 Å². The molecule has 0 radical (unpaired) electrons. The Kier molecular flexibility index (Phi) is 4.29. The molecule has 110 valence electrons. The van der Waals surface area contributed by atoms with Gasteiger partial charge < -0.3 is 11.1 Å². The molecule has 21 heavy (non-hydrogen) atoms. The summed E-state index contributed by atoms with van der Waals surface area (Å²) in [6.07, 6.45) is 2.97. The molecule has 1 heterocycles.